The van der Waals surface area contributed by atoms with Gasteiger partial charge in [0.2, 0.25) is 5.91 Å². The van der Waals surface area contributed by atoms with E-state index < -0.39 is 30.5 Å². The number of hydrogen-bond acceptors (Lipinski definition) is 2. The molecule has 0 aromatic rings. The van der Waals surface area contributed by atoms with E-state index in [1.807, 2.05) is 0 Å². The quantitative estimate of drug-likeness (QED) is 0.735. The third-order valence-electron chi connectivity index (χ3n) is 4.07. The second-order valence-electron chi connectivity index (χ2n) is 5.61. The van der Waals surface area contributed by atoms with Gasteiger partial charge in [0, 0.05) is 19.5 Å². The summed E-state index contributed by atoms with van der Waals surface area (Å²) in [6.45, 7) is 1.16. The van der Waals surface area contributed by atoms with Gasteiger partial charge in [-0.25, -0.2) is 0 Å². The zero-order valence-electron chi connectivity index (χ0n) is 12.2. The molecule has 122 valence electrons. The molecule has 0 aromatic heterocycles. The SMILES string of the molecule is CCCCCCCC(=O)N1CCC(C(=O)O)(C(F)(F)F)C1. The standard InChI is InChI=1S/C14H22F3NO3/c1-2-3-4-5-6-7-11(19)18-9-8-13(10-18,12(20)21)14(15,16)17/h2-10H2,1H3,(H,20,21). The largest absolute Gasteiger partial charge is 0.481 e. The van der Waals surface area contributed by atoms with Crippen LogP contribution in [0.1, 0.15) is 51.9 Å². The summed E-state index contributed by atoms with van der Waals surface area (Å²) in [5.41, 5.74) is -2.80. The van der Waals surface area contributed by atoms with E-state index in [9.17, 15) is 22.8 Å². The van der Waals surface area contributed by atoms with Gasteiger partial charge < -0.3 is 10.0 Å². The molecule has 1 heterocycles. The van der Waals surface area contributed by atoms with E-state index in [0.29, 0.717) is 6.42 Å². The van der Waals surface area contributed by atoms with Crippen molar-refractivity contribution in [2.24, 2.45) is 5.41 Å². The summed E-state index contributed by atoms with van der Waals surface area (Å²) in [4.78, 5) is 23.9. The summed E-state index contributed by atoms with van der Waals surface area (Å²) in [5.74, 6) is -2.27. The predicted molar refractivity (Wildman–Crippen MR) is 70.7 cm³/mol. The van der Waals surface area contributed by atoms with Crippen molar-refractivity contribution in [2.45, 2.75) is 58.0 Å². The number of aliphatic carboxylic acids is 1. The number of carbonyl (C=O) groups is 2. The maximum atomic E-state index is 13.0. The lowest BCUT2D eigenvalue weighted by molar-refractivity contribution is -0.227. The van der Waals surface area contributed by atoms with Gasteiger partial charge in [0.05, 0.1) is 0 Å². The molecule has 7 heteroatoms. The molecule has 0 aliphatic carbocycles. The molecule has 1 atom stereocenters. The van der Waals surface area contributed by atoms with Crippen LogP contribution in [0, 0.1) is 5.41 Å². The molecule has 1 aliphatic heterocycles. The lowest BCUT2D eigenvalue weighted by atomic mass is 9.86. The first kappa shape index (κ1) is 17.8. The van der Waals surface area contributed by atoms with Gasteiger partial charge in [-0.3, -0.25) is 9.59 Å². The maximum absolute atomic E-state index is 13.0. The lowest BCUT2D eigenvalue weighted by Gasteiger charge is -2.27. The van der Waals surface area contributed by atoms with Crippen LogP contribution in [0.25, 0.3) is 0 Å². The summed E-state index contributed by atoms with van der Waals surface area (Å²) >= 11 is 0. The van der Waals surface area contributed by atoms with Crippen molar-refractivity contribution >= 4 is 11.9 Å². The lowest BCUT2D eigenvalue weighted by Crippen LogP contribution is -2.47. The number of carboxylic acids is 1. The molecule has 1 rings (SSSR count). The third-order valence-corrected chi connectivity index (χ3v) is 4.07. The highest BCUT2D eigenvalue weighted by molar-refractivity contribution is 5.81. The first-order valence-corrected chi connectivity index (χ1v) is 7.32. The fourth-order valence-corrected chi connectivity index (χ4v) is 2.59. The van der Waals surface area contributed by atoms with Gasteiger partial charge in [-0.2, -0.15) is 13.2 Å². The highest BCUT2D eigenvalue weighted by atomic mass is 19.4. The zero-order valence-corrected chi connectivity index (χ0v) is 12.2. The van der Waals surface area contributed by atoms with Gasteiger partial charge in [-0.05, 0) is 12.8 Å². The van der Waals surface area contributed by atoms with E-state index in [-0.39, 0.29) is 18.9 Å². The Morgan fingerprint density at radius 3 is 2.29 bits per heavy atom. The molecule has 1 aliphatic rings. The molecule has 0 bridgehead atoms. The van der Waals surface area contributed by atoms with E-state index in [4.69, 9.17) is 5.11 Å². The average Bonchev–Trinajstić information content (AvgIpc) is 2.84. The summed E-state index contributed by atoms with van der Waals surface area (Å²) < 4.78 is 38.9. The molecule has 1 unspecified atom stereocenters. The van der Waals surface area contributed by atoms with E-state index in [2.05, 4.69) is 6.92 Å². The number of halogens is 3. The van der Waals surface area contributed by atoms with Crippen LogP contribution in [0.15, 0.2) is 0 Å². The van der Waals surface area contributed by atoms with E-state index >= 15 is 0 Å². The molecule has 0 saturated carbocycles. The van der Waals surface area contributed by atoms with Crippen molar-refractivity contribution in [1.29, 1.82) is 0 Å². The van der Waals surface area contributed by atoms with Gasteiger partial charge >= 0.3 is 12.1 Å². The predicted octanol–water partition coefficient (Wildman–Crippen LogP) is 3.21. The van der Waals surface area contributed by atoms with E-state index in [1.54, 1.807) is 0 Å². The summed E-state index contributed by atoms with van der Waals surface area (Å²) in [5, 5.41) is 8.91. The summed E-state index contributed by atoms with van der Waals surface area (Å²) in [7, 11) is 0. The maximum Gasteiger partial charge on any atom is 0.406 e. The zero-order chi connectivity index (χ0) is 16.1. The molecular weight excluding hydrogens is 287 g/mol. The molecule has 1 amide bonds. The van der Waals surface area contributed by atoms with Crippen molar-refractivity contribution in [1.82, 2.24) is 4.90 Å². The van der Waals surface area contributed by atoms with Crippen LogP contribution in [-0.4, -0.2) is 41.1 Å². The van der Waals surface area contributed by atoms with Gasteiger partial charge in [0.25, 0.3) is 0 Å². The third kappa shape index (κ3) is 4.11. The Balaban J connectivity index is 2.52. The molecule has 0 radical (unpaired) electrons. The number of carbonyl (C=O) groups excluding carboxylic acids is 1. The molecule has 1 saturated heterocycles. The number of likely N-dealkylation sites (tertiary alicyclic amines) is 1. The van der Waals surface area contributed by atoms with Crippen LogP contribution in [-0.2, 0) is 9.59 Å². The average molecular weight is 309 g/mol. The monoisotopic (exact) mass is 309 g/mol. The summed E-state index contributed by atoms with van der Waals surface area (Å²) in [6.07, 6.45) is -0.538. The van der Waals surface area contributed by atoms with Crippen LogP contribution >= 0.6 is 0 Å². The number of carboxylic acid groups (broad SMARTS) is 1. The number of hydrogen-bond donors (Lipinski definition) is 1. The molecule has 21 heavy (non-hydrogen) atoms. The summed E-state index contributed by atoms with van der Waals surface area (Å²) in [6, 6.07) is 0. The number of unbranched alkanes of at least 4 members (excludes halogenated alkanes) is 4. The van der Waals surface area contributed by atoms with Gasteiger partial charge in [0.1, 0.15) is 0 Å². The fourth-order valence-electron chi connectivity index (χ4n) is 2.59. The minimum Gasteiger partial charge on any atom is -0.481 e. The fraction of sp³-hybridized carbons (Fsp3) is 0.857. The normalized spacial score (nSPS) is 22.6. The second kappa shape index (κ2) is 7.13. The van der Waals surface area contributed by atoms with Gasteiger partial charge in [0.15, 0.2) is 5.41 Å². The van der Waals surface area contributed by atoms with E-state index in [1.165, 1.54) is 0 Å². The molecule has 4 nitrogen and oxygen atoms in total. The molecule has 1 fully saturated rings. The van der Waals surface area contributed by atoms with Crippen LogP contribution in [0.2, 0.25) is 0 Å². The second-order valence-corrected chi connectivity index (χ2v) is 5.61. The van der Waals surface area contributed by atoms with Gasteiger partial charge in [-0.1, -0.05) is 32.6 Å². The minimum atomic E-state index is -4.84. The van der Waals surface area contributed by atoms with Crippen LogP contribution in [0.3, 0.4) is 0 Å². The highest BCUT2D eigenvalue weighted by Gasteiger charge is 2.64. The van der Waals surface area contributed by atoms with Gasteiger partial charge in [-0.15, -0.1) is 0 Å². The molecule has 1 N–H and O–H groups in total. The molecule has 0 aromatic carbocycles. The van der Waals surface area contributed by atoms with Crippen molar-refractivity contribution < 1.29 is 27.9 Å². The van der Waals surface area contributed by atoms with Crippen molar-refractivity contribution in [3.05, 3.63) is 0 Å². The molecule has 0 spiro atoms. The van der Waals surface area contributed by atoms with Crippen LogP contribution in [0.4, 0.5) is 13.2 Å². The van der Waals surface area contributed by atoms with Crippen molar-refractivity contribution in [3.8, 4) is 0 Å². The first-order chi connectivity index (χ1) is 9.74. The molecular formula is C14H22F3NO3. The smallest absolute Gasteiger partial charge is 0.406 e. The van der Waals surface area contributed by atoms with Crippen molar-refractivity contribution in [2.75, 3.05) is 13.1 Å². The number of nitrogens with zero attached hydrogens (tertiary/aromatic N) is 1. The number of rotatable bonds is 7. The Morgan fingerprint density at radius 1 is 1.19 bits per heavy atom. The van der Waals surface area contributed by atoms with Crippen LogP contribution < -0.4 is 0 Å². The Kier molecular flexibility index (Phi) is 6.04. The Morgan fingerprint density at radius 2 is 1.81 bits per heavy atom. The minimum absolute atomic E-state index is 0.139. The van der Waals surface area contributed by atoms with Crippen molar-refractivity contribution in [3.63, 3.8) is 0 Å². The van der Waals surface area contributed by atoms with E-state index in [0.717, 1.165) is 30.6 Å². The Hall–Kier alpha value is -1.27. The topological polar surface area (TPSA) is 57.6 Å². The number of alkyl halides is 3. The Labute approximate surface area is 122 Å². The first-order valence-electron chi connectivity index (χ1n) is 7.32. The number of amides is 1. The van der Waals surface area contributed by atoms with Crippen LogP contribution in [0.5, 0.6) is 0 Å². The Bertz CT molecular complexity index is 384. The highest BCUT2D eigenvalue weighted by Crippen LogP contribution is 2.45.